The molecule has 120 valence electrons. The second kappa shape index (κ2) is 9.50. The van der Waals surface area contributed by atoms with Crippen molar-refractivity contribution in [1.29, 1.82) is 0 Å². The molecular weight excluding hydrogens is 294 g/mol. The number of hydrogen-bond acceptors (Lipinski definition) is 2. The standard InChI is InChI=1S/C19H25NO.ClH/c1-15(2)12-13-18(20)17-10-6-7-11-19(17)21-14-16-8-4-3-5-9-16;/h3-11,15,18H,12-14,20H2,1-2H3;1H/t18-;/m0./s1. The van der Waals surface area contributed by atoms with Crippen molar-refractivity contribution < 1.29 is 4.74 Å². The first-order chi connectivity index (χ1) is 10.2. The van der Waals surface area contributed by atoms with Gasteiger partial charge in [0.25, 0.3) is 0 Å². The Bertz CT molecular complexity index is 542. The Morgan fingerprint density at radius 3 is 2.23 bits per heavy atom. The van der Waals surface area contributed by atoms with Crippen molar-refractivity contribution in [3.05, 3.63) is 65.7 Å². The van der Waals surface area contributed by atoms with Crippen molar-refractivity contribution in [2.75, 3.05) is 0 Å². The predicted molar refractivity (Wildman–Crippen MR) is 95.5 cm³/mol. The zero-order valence-corrected chi connectivity index (χ0v) is 14.2. The highest BCUT2D eigenvalue weighted by Crippen LogP contribution is 2.28. The number of benzene rings is 2. The van der Waals surface area contributed by atoms with Crippen molar-refractivity contribution in [2.45, 2.75) is 39.3 Å². The molecule has 0 saturated heterocycles. The molecule has 2 N–H and O–H groups in total. The summed E-state index contributed by atoms with van der Waals surface area (Å²) in [5.41, 5.74) is 8.61. The second-order valence-electron chi connectivity index (χ2n) is 5.89. The van der Waals surface area contributed by atoms with Crippen molar-refractivity contribution in [1.82, 2.24) is 0 Å². The quantitative estimate of drug-likeness (QED) is 0.768. The van der Waals surface area contributed by atoms with Crippen molar-refractivity contribution in [3.63, 3.8) is 0 Å². The van der Waals surface area contributed by atoms with E-state index in [0.29, 0.717) is 12.5 Å². The van der Waals surface area contributed by atoms with E-state index in [0.717, 1.165) is 24.2 Å². The Balaban J connectivity index is 0.00000242. The van der Waals surface area contributed by atoms with Crippen LogP contribution in [0.3, 0.4) is 0 Å². The summed E-state index contributed by atoms with van der Waals surface area (Å²) in [6.07, 6.45) is 2.12. The summed E-state index contributed by atoms with van der Waals surface area (Å²) in [7, 11) is 0. The van der Waals surface area contributed by atoms with E-state index in [1.165, 1.54) is 5.56 Å². The number of nitrogens with two attached hydrogens (primary N) is 1. The maximum Gasteiger partial charge on any atom is 0.124 e. The lowest BCUT2D eigenvalue weighted by atomic mass is 9.98. The van der Waals surface area contributed by atoms with Gasteiger partial charge in [-0.3, -0.25) is 0 Å². The number of para-hydroxylation sites is 1. The summed E-state index contributed by atoms with van der Waals surface area (Å²) in [4.78, 5) is 0. The Morgan fingerprint density at radius 1 is 0.909 bits per heavy atom. The smallest absolute Gasteiger partial charge is 0.124 e. The van der Waals surface area contributed by atoms with Gasteiger partial charge in [0.2, 0.25) is 0 Å². The minimum Gasteiger partial charge on any atom is -0.489 e. The number of halogens is 1. The SMILES string of the molecule is CC(C)CC[C@H](N)c1ccccc1OCc1ccccc1.Cl. The van der Waals surface area contributed by atoms with Gasteiger partial charge in [0.05, 0.1) is 0 Å². The van der Waals surface area contributed by atoms with Crippen LogP contribution in [0, 0.1) is 5.92 Å². The van der Waals surface area contributed by atoms with Crippen LogP contribution in [0.25, 0.3) is 0 Å². The fourth-order valence-corrected chi connectivity index (χ4v) is 2.32. The summed E-state index contributed by atoms with van der Waals surface area (Å²) in [6, 6.07) is 18.4. The molecule has 2 aromatic rings. The number of ether oxygens (including phenoxy) is 1. The molecule has 0 unspecified atom stereocenters. The molecular formula is C19H26ClNO. The van der Waals surface area contributed by atoms with E-state index in [-0.39, 0.29) is 18.4 Å². The highest BCUT2D eigenvalue weighted by atomic mass is 35.5. The van der Waals surface area contributed by atoms with Gasteiger partial charge in [-0.2, -0.15) is 0 Å². The average Bonchev–Trinajstić information content (AvgIpc) is 2.52. The maximum absolute atomic E-state index is 6.33. The van der Waals surface area contributed by atoms with Crippen LogP contribution in [0.1, 0.15) is 43.9 Å². The molecule has 0 fully saturated rings. The van der Waals surface area contributed by atoms with Gasteiger partial charge in [-0.1, -0.05) is 62.4 Å². The third-order valence-electron chi connectivity index (χ3n) is 3.61. The van der Waals surface area contributed by atoms with Crippen molar-refractivity contribution in [2.24, 2.45) is 11.7 Å². The lowest BCUT2D eigenvalue weighted by Crippen LogP contribution is -2.13. The average molecular weight is 320 g/mol. The first-order valence-corrected chi connectivity index (χ1v) is 7.68. The Labute approximate surface area is 140 Å². The summed E-state index contributed by atoms with van der Waals surface area (Å²) < 4.78 is 5.97. The van der Waals surface area contributed by atoms with Crippen LogP contribution in [-0.4, -0.2) is 0 Å². The molecule has 2 nitrogen and oxygen atoms in total. The zero-order valence-electron chi connectivity index (χ0n) is 13.4. The summed E-state index contributed by atoms with van der Waals surface area (Å²) >= 11 is 0. The summed E-state index contributed by atoms with van der Waals surface area (Å²) in [5.74, 6) is 1.58. The largest absolute Gasteiger partial charge is 0.489 e. The van der Waals surface area contributed by atoms with Gasteiger partial charge in [-0.25, -0.2) is 0 Å². The zero-order chi connectivity index (χ0) is 15.1. The molecule has 22 heavy (non-hydrogen) atoms. The molecule has 0 radical (unpaired) electrons. The fraction of sp³-hybridized carbons (Fsp3) is 0.368. The summed E-state index contributed by atoms with van der Waals surface area (Å²) in [6.45, 7) is 5.03. The van der Waals surface area contributed by atoms with Crippen molar-refractivity contribution in [3.8, 4) is 5.75 Å². The van der Waals surface area contributed by atoms with E-state index in [2.05, 4.69) is 32.0 Å². The minimum atomic E-state index is 0. The molecule has 0 aliphatic carbocycles. The molecule has 2 aromatic carbocycles. The Hall–Kier alpha value is -1.51. The Kier molecular flexibility index (Phi) is 8.00. The van der Waals surface area contributed by atoms with E-state index in [9.17, 15) is 0 Å². The highest BCUT2D eigenvalue weighted by Gasteiger charge is 2.12. The Morgan fingerprint density at radius 2 is 1.55 bits per heavy atom. The van der Waals surface area contributed by atoms with E-state index < -0.39 is 0 Å². The lowest BCUT2D eigenvalue weighted by Gasteiger charge is -2.18. The normalized spacial score (nSPS) is 11.8. The minimum absolute atomic E-state index is 0. The lowest BCUT2D eigenvalue weighted by molar-refractivity contribution is 0.300. The van der Waals surface area contributed by atoms with E-state index in [1.54, 1.807) is 0 Å². The molecule has 0 aliphatic heterocycles. The molecule has 2 rings (SSSR count). The molecule has 0 aromatic heterocycles. The molecule has 0 heterocycles. The van der Waals surface area contributed by atoms with Crippen LogP contribution in [0.4, 0.5) is 0 Å². The highest BCUT2D eigenvalue weighted by molar-refractivity contribution is 5.85. The van der Waals surface area contributed by atoms with Crippen LogP contribution >= 0.6 is 12.4 Å². The van der Waals surface area contributed by atoms with Crippen LogP contribution in [0.2, 0.25) is 0 Å². The molecule has 0 spiro atoms. The van der Waals surface area contributed by atoms with Gasteiger partial charge in [0.1, 0.15) is 12.4 Å². The van der Waals surface area contributed by atoms with Gasteiger partial charge in [-0.15, -0.1) is 12.4 Å². The topological polar surface area (TPSA) is 35.2 Å². The molecule has 1 atom stereocenters. The molecule has 0 aliphatic rings. The first kappa shape index (κ1) is 18.5. The predicted octanol–water partition coefficient (Wildman–Crippen LogP) is 5.12. The van der Waals surface area contributed by atoms with Gasteiger partial charge in [0, 0.05) is 11.6 Å². The third-order valence-corrected chi connectivity index (χ3v) is 3.61. The van der Waals surface area contributed by atoms with E-state index in [4.69, 9.17) is 10.5 Å². The molecule has 3 heteroatoms. The summed E-state index contributed by atoms with van der Waals surface area (Å²) in [5, 5.41) is 0. The van der Waals surface area contributed by atoms with Crippen LogP contribution < -0.4 is 10.5 Å². The van der Waals surface area contributed by atoms with Crippen LogP contribution in [-0.2, 0) is 6.61 Å². The van der Waals surface area contributed by atoms with Crippen molar-refractivity contribution >= 4 is 12.4 Å². The first-order valence-electron chi connectivity index (χ1n) is 7.68. The number of hydrogen-bond donors (Lipinski definition) is 1. The van der Waals surface area contributed by atoms with Crippen LogP contribution in [0.15, 0.2) is 54.6 Å². The fourth-order valence-electron chi connectivity index (χ4n) is 2.32. The molecule has 0 amide bonds. The van der Waals surface area contributed by atoms with Gasteiger partial charge >= 0.3 is 0 Å². The van der Waals surface area contributed by atoms with Gasteiger partial charge in [-0.05, 0) is 30.4 Å². The third kappa shape index (κ3) is 5.70. The monoisotopic (exact) mass is 319 g/mol. The second-order valence-corrected chi connectivity index (χ2v) is 5.89. The molecule has 0 bridgehead atoms. The molecule has 0 saturated carbocycles. The van der Waals surface area contributed by atoms with Gasteiger partial charge < -0.3 is 10.5 Å². The number of rotatable bonds is 7. The van der Waals surface area contributed by atoms with Crippen LogP contribution in [0.5, 0.6) is 5.75 Å². The van der Waals surface area contributed by atoms with E-state index in [1.807, 2.05) is 36.4 Å². The maximum atomic E-state index is 6.33. The van der Waals surface area contributed by atoms with Gasteiger partial charge in [0.15, 0.2) is 0 Å². The van der Waals surface area contributed by atoms with E-state index >= 15 is 0 Å².